The highest BCUT2D eigenvalue weighted by Gasteiger charge is 2.47. The number of nitrogens with zero attached hydrogens (tertiary/aromatic N) is 2. The molecule has 0 saturated heterocycles. The molecule has 2 N–H and O–H groups in total. The maximum atomic E-state index is 13.4. The van der Waals surface area contributed by atoms with Crippen molar-refractivity contribution in [3.63, 3.8) is 0 Å². The molecule has 2 amide bonds. The van der Waals surface area contributed by atoms with Gasteiger partial charge in [0.25, 0.3) is 11.8 Å². The SMILES string of the molecule is O=C1c2ccccc2NC2(CCCC2)N1CCCCCCN1C(=O)c2ccccc2NC12CCCC2. The lowest BCUT2D eigenvalue weighted by molar-refractivity contribution is 0.0490. The van der Waals surface area contributed by atoms with E-state index in [0.717, 1.165) is 87.0 Å². The van der Waals surface area contributed by atoms with Gasteiger partial charge in [0.15, 0.2) is 0 Å². The predicted octanol–water partition coefficient (Wildman–Crippen LogP) is 6.22. The van der Waals surface area contributed by atoms with E-state index in [2.05, 4.69) is 20.4 Å². The Balaban J connectivity index is 1.06. The van der Waals surface area contributed by atoms with Crippen molar-refractivity contribution in [2.24, 2.45) is 0 Å². The van der Waals surface area contributed by atoms with E-state index >= 15 is 0 Å². The molecule has 2 saturated carbocycles. The number of amides is 2. The summed E-state index contributed by atoms with van der Waals surface area (Å²) in [5.41, 5.74) is 3.16. The van der Waals surface area contributed by atoms with Crippen LogP contribution in [0.15, 0.2) is 48.5 Å². The Morgan fingerprint density at radius 2 is 0.972 bits per heavy atom. The van der Waals surface area contributed by atoms with Crippen molar-refractivity contribution in [2.45, 2.75) is 88.4 Å². The standard InChI is InChI=1S/C30H38N4O2/c35-27-23-13-3-5-15-25(23)31-29(17-7-8-18-29)33(27)21-11-1-2-12-22-34-28(36)24-14-4-6-16-26(24)32-30(34)19-9-10-20-30/h3-6,13-16,31-32H,1-2,7-12,17-22H2. The number of nitrogens with one attached hydrogen (secondary N) is 2. The number of unbranched alkanes of at least 4 members (excludes halogenated alkanes) is 3. The predicted molar refractivity (Wildman–Crippen MR) is 143 cm³/mol. The van der Waals surface area contributed by atoms with Crippen molar-refractivity contribution in [2.75, 3.05) is 23.7 Å². The molecule has 0 atom stereocenters. The first-order valence-electron chi connectivity index (χ1n) is 14.0. The number of anilines is 2. The Morgan fingerprint density at radius 3 is 1.39 bits per heavy atom. The van der Waals surface area contributed by atoms with E-state index < -0.39 is 0 Å². The van der Waals surface area contributed by atoms with E-state index in [9.17, 15) is 9.59 Å². The third kappa shape index (κ3) is 3.95. The average Bonchev–Trinajstić information content (AvgIpc) is 3.55. The van der Waals surface area contributed by atoms with Crippen LogP contribution in [0.3, 0.4) is 0 Å². The fourth-order valence-electron chi connectivity index (χ4n) is 7.11. The zero-order chi connectivity index (χ0) is 24.6. The Labute approximate surface area is 214 Å². The second-order valence-electron chi connectivity index (χ2n) is 11.1. The molecule has 6 nitrogen and oxygen atoms in total. The lowest BCUT2D eigenvalue weighted by atomic mass is 9.96. The quantitative estimate of drug-likeness (QED) is 0.456. The van der Waals surface area contributed by atoms with E-state index in [1.54, 1.807) is 0 Å². The molecule has 2 aliphatic carbocycles. The molecule has 0 aromatic heterocycles. The first-order chi connectivity index (χ1) is 17.6. The minimum Gasteiger partial charge on any atom is -0.362 e. The summed E-state index contributed by atoms with van der Waals surface area (Å²) >= 11 is 0. The molecule has 6 heteroatoms. The highest BCUT2D eigenvalue weighted by Crippen LogP contribution is 2.43. The fraction of sp³-hybridized carbons (Fsp3) is 0.533. The smallest absolute Gasteiger partial charge is 0.257 e. The van der Waals surface area contributed by atoms with E-state index in [-0.39, 0.29) is 23.1 Å². The van der Waals surface area contributed by atoms with E-state index in [4.69, 9.17) is 0 Å². The summed E-state index contributed by atoms with van der Waals surface area (Å²) in [5.74, 6) is 0.358. The number of para-hydroxylation sites is 2. The number of hydrogen-bond acceptors (Lipinski definition) is 4. The largest absolute Gasteiger partial charge is 0.362 e. The molecule has 2 aliphatic heterocycles. The zero-order valence-corrected chi connectivity index (χ0v) is 21.2. The number of benzene rings is 2. The van der Waals surface area contributed by atoms with Crippen LogP contribution in [0.2, 0.25) is 0 Å². The Morgan fingerprint density at radius 1 is 0.583 bits per heavy atom. The normalized spacial score (nSPS) is 21.4. The molecule has 36 heavy (non-hydrogen) atoms. The molecular formula is C30H38N4O2. The molecule has 6 rings (SSSR count). The molecular weight excluding hydrogens is 448 g/mol. The van der Waals surface area contributed by atoms with Crippen LogP contribution < -0.4 is 10.6 Å². The van der Waals surface area contributed by atoms with Crippen molar-refractivity contribution in [1.82, 2.24) is 9.80 Å². The van der Waals surface area contributed by atoms with Crippen LogP contribution in [0, 0.1) is 0 Å². The third-order valence-electron chi connectivity index (χ3n) is 8.95. The van der Waals surface area contributed by atoms with Gasteiger partial charge in [0.1, 0.15) is 11.3 Å². The molecule has 2 aromatic rings. The van der Waals surface area contributed by atoms with Gasteiger partial charge in [-0.3, -0.25) is 9.59 Å². The van der Waals surface area contributed by atoms with E-state index in [0.29, 0.717) is 0 Å². The average molecular weight is 487 g/mol. The van der Waals surface area contributed by atoms with Gasteiger partial charge in [-0.05, 0) is 88.5 Å². The van der Waals surface area contributed by atoms with Crippen molar-refractivity contribution >= 4 is 23.2 Å². The molecule has 190 valence electrons. The monoisotopic (exact) mass is 486 g/mol. The molecule has 0 radical (unpaired) electrons. The first kappa shape index (κ1) is 23.4. The molecule has 0 unspecified atom stereocenters. The van der Waals surface area contributed by atoms with Crippen LogP contribution in [0.25, 0.3) is 0 Å². The minimum absolute atomic E-state index is 0.179. The van der Waals surface area contributed by atoms with Crippen molar-refractivity contribution < 1.29 is 9.59 Å². The van der Waals surface area contributed by atoms with Crippen LogP contribution in [-0.4, -0.2) is 46.0 Å². The van der Waals surface area contributed by atoms with Crippen LogP contribution >= 0.6 is 0 Å². The number of fused-ring (bicyclic) bond motifs is 2. The Bertz CT molecular complexity index is 1040. The topological polar surface area (TPSA) is 64.7 Å². The van der Waals surface area contributed by atoms with Crippen LogP contribution in [-0.2, 0) is 0 Å². The van der Waals surface area contributed by atoms with Crippen molar-refractivity contribution in [3.8, 4) is 0 Å². The molecule has 2 heterocycles. The maximum Gasteiger partial charge on any atom is 0.257 e. The fourth-order valence-corrected chi connectivity index (χ4v) is 7.11. The summed E-state index contributed by atoms with van der Waals surface area (Å²) in [6.07, 6.45) is 12.9. The first-order valence-corrected chi connectivity index (χ1v) is 14.0. The number of rotatable bonds is 7. The lowest BCUT2D eigenvalue weighted by Gasteiger charge is -2.47. The van der Waals surface area contributed by atoms with E-state index in [1.807, 2.05) is 48.5 Å². The van der Waals surface area contributed by atoms with Gasteiger partial charge in [-0.15, -0.1) is 0 Å². The number of carbonyl (C=O) groups excluding carboxylic acids is 2. The van der Waals surface area contributed by atoms with Gasteiger partial charge >= 0.3 is 0 Å². The highest BCUT2D eigenvalue weighted by molar-refractivity contribution is 6.03. The summed E-state index contributed by atoms with van der Waals surface area (Å²) in [6, 6.07) is 15.9. The molecule has 2 spiro atoms. The summed E-state index contributed by atoms with van der Waals surface area (Å²) in [5, 5.41) is 7.49. The van der Waals surface area contributed by atoms with Gasteiger partial charge < -0.3 is 20.4 Å². The van der Waals surface area contributed by atoms with Crippen molar-refractivity contribution in [1.29, 1.82) is 0 Å². The Hall–Kier alpha value is -3.02. The minimum atomic E-state index is -0.209. The van der Waals surface area contributed by atoms with Gasteiger partial charge in [0, 0.05) is 24.5 Å². The van der Waals surface area contributed by atoms with Gasteiger partial charge in [0.2, 0.25) is 0 Å². The third-order valence-corrected chi connectivity index (χ3v) is 8.95. The second kappa shape index (κ2) is 9.45. The van der Waals surface area contributed by atoms with Crippen molar-refractivity contribution in [3.05, 3.63) is 59.7 Å². The van der Waals surface area contributed by atoms with Crippen LogP contribution in [0.1, 0.15) is 97.8 Å². The number of carbonyl (C=O) groups is 2. The van der Waals surface area contributed by atoms with Crippen LogP contribution in [0.5, 0.6) is 0 Å². The Kier molecular flexibility index (Phi) is 6.14. The number of hydrogen-bond donors (Lipinski definition) is 2. The summed E-state index contributed by atoms with van der Waals surface area (Å²) in [7, 11) is 0. The highest BCUT2D eigenvalue weighted by atomic mass is 16.2. The van der Waals surface area contributed by atoms with Crippen LogP contribution in [0.4, 0.5) is 11.4 Å². The summed E-state index contributed by atoms with van der Waals surface area (Å²) < 4.78 is 0. The molecule has 2 aromatic carbocycles. The second-order valence-corrected chi connectivity index (χ2v) is 11.1. The van der Waals surface area contributed by atoms with Gasteiger partial charge in [-0.25, -0.2) is 0 Å². The lowest BCUT2D eigenvalue weighted by Crippen LogP contribution is -2.58. The zero-order valence-electron chi connectivity index (χ0n) is 21.2. The molecule has 4 aliphatic rings. The maximum absolute atomic E-state index is 13.4. The summed E-state index contributed by atoms with van der Waals surface area (Å²) in [6.45, 7) is 1.59. The molecule has 0 bridgehead atoms. The van der Waals surface area contributed by atoms with Gasteiger partial charge in [0.05, 0.1) is 11.1 Å². The van der Waals surface area contributed by atoms with Gasteiger partial charge in [-0.1, -0.05) is 37.1 Å². The van der Waals surface area contributed by atoms with Gasteiger partial charge in [-0.2, -0.15) is 0 Å². The summed E-state index contributed by atoms with van der Waals surface area (Å²) in [4.78, 5) is 31.1. The van der Waals surface area contributed by atoms with E-state index in [1.165, 1.54) is 25.7 Å². The molecule has 2 fully saturated rings.